The summed E-state index contributed by atoms with van der Waals surface area (Å²) in [5.74, 6) is 0. The second-order valence-electron chi connectivity index (χ2n) is 8.28. The van der Waals surface area contributed by atoms with Gasteiger partial charge in [-0.15, -0.1) is 0 Å². The van der Waals surface area contributed by atoms with Gasteiger partial charge >= 0.3 is 0 Å². The standard InChI is InChI=1S/C29H19N/c1-30-26-8-3-2-7-23(26)24-15-13-21(17-27(24)30)22-14-11-20-10-9-18-5-4-6-19-12-16-25(22)29(20)28(18)19/h2-17H,1H3. The minimum Gasteiger partial charge on any atom is -0.344 e. The van der Waals surface area contributed by atoms with Gasteiger partial charge in [0.2, 0.25) is 0 Å². The molecule has 6 aromatic carbocycles. The fourth-order valence-electron chi connectivity index (χ4n) is 5.32. The molecule has 7 rings (SSSR count). The topological polar surface area (TPSA) is 4.93 Å². The first kappa shape index (κ1) is 16.0. The molecule has 0 saturated carbocycles. The molecule has 1 heteroatoms. The molecule has 0 radical (unpaired) electrons. The lowest BCUT2D eigenvalue weighted by Gasteiger charge is -2.14. The van der Waals surface area contributed by atoms with Crippen LogP contribution in [0.25, 0.3) is 65.3 Å². The fourth-order valence-corrected chi connectivity index (χ4v) is 5.32. The molecular formula is C29H19N. The summed E-state index contributed by atoms with van der Waals surface area (Å²) in [5.41, 5.74) is 5.12. The summed E-state index contributed by atoms with van der Waals surface area (Å²) in [4.78, 5) is 0. The van der Waals surface area contributed by atoms with Gasteiger partial charge in [-0.1, -0.05) is 84.9 Å². The first-order chi connectivity index (χ1) is 14.8. The zero-order chi connectivity index (χ0) is 19.8. The van der Waals surface area contributed by atoms with Crippen LogP contribution in [0.3, 0.4) is 0 Å². The Labute approximate surface area is 174 Å². The molecule has 1 aromatic heterocycles. The molecule has 0 unspecified atom stereocenters. The molecule has 30 heavy (non-hydrogen) atoms. The lowest BCUT2D eigenvalue weighted by Crippen LogP contribution is -1.89. The minimum atomic E-state index is 1.27. The molecule has 140 valence electrons. The van der Waals surface area contributed by atoms with Gasteiger partial charge in [0.05, 0.1) is 0 Å². The van der Waals surface area contributed by atoms with Gasteiger partial charge < -0.3 is 4.57 Å². The Morgan fingerprint density at radius 1 is 0.500 bits per heavy atom. The normalized spacial score (nSPS) is 12.2. The van der Waals surface area contributed by atoms with Crippen molar-refractivity contribution < 1.29 is 0 Å². The van der Waals surface area contributed by atoms with E-state index >= 15 is 0 Å². The first-order valence-electron chi connectivity index (χ1n) is 10.4. The summed E-state index contributed by atoms with van der Waals surface area (Å²) in [6, 6.07) is 35.8. The third-order valence-electron chi connectivity index (χ3n) is 6.75. The molecule has 0 aliphatic carbocycles. The molecule has 1 heterocycles. The SMILES string of the molecule is Cn1c2ccccc2c2ccc(-c3ccc4ccc5cccc6ccc3c4c56)cc21. The Bertz CT molecular complexity index is 1730. The van der Waals surface area contributed by atoms with Gasteiger partial charge in [-0.05, 0) is 55.6 Å². The number of para-hydroxylation sites is 1. The van der Waals surface area contributed by atoms with Gasteiger partial charge in [-0.25, -0.2) is 0 Å². The highest BCUT2D eigenvalue weighted by molar-refractivity contribution is 6.25. The number of nitrogens with zero attached hydrogens (tertiary/aromatic N) is 1. The third kappa shape index (κ3) is 1.97. The molecule has 0 bridgehead atoms. The number of aryl methyl sites for hydroxylation is 1. The highest BCUT2D eigenvalue weighted by Crippen LogP contribution is 2.40. The smallest absolute Gasteiger partial charge is 0.0494 e. The van der Waals surface area contributed by atoms with Crippen molar-refractivity contribution in [3.8, 4) is 11.1 Å². The van der Waals surface area contributed by atoms with Crippen LogP contribution < -0.4 is 0 Å². The summed E-state index contributed by atoms with van der Waals surface area (Å²) in [6.07, 6.45) is 0. The lowest BCUT2D eigenvalue weighted by molar-refractivity contribution is 1.01. The molecule has 0 atom stereocenters. The number of rotatable bonds is 1. The number of aromatic nitrogens is 1. The predicted octanol–water partition coefficient (Wildman–Crippen LogP) is 7.90. The van der Waals surface area contributed by atoms with Crippen LogP contribution in [-0.4, -0.2) is 4.57 Å². The molecule has 0 amide bonds. The Morgan fingerprint density at radius 2 is 1.17 bits per heavy atom. The van der Waals surface area contributed by atoms with E-state index in [9.17, 15) is 0 Å². The van der Waals surface area contributed by atoms with Crippen molar-refractivity contribution >= 4 is 54.1 Å². The zero-order valence-corrected chi connectivity index (χ0v) is 16.7. The second kappa shape index (κ2) is 5.61. The van der Waals surface area contributed by atoms with Crippen LogP contribution >= 0.6 is 0 Å². The van der Waals surface area contributed by atoms with E-state index < -0.39 is 0 Å². The molecule has 0 fully saturated rings. The molecule has 0 spiro atoms. The van der Waals surface area contributed by atoms with Crippen molar-refractivity contribution in [3.05, 3.63) is 97.1 Å². The lowest BCUT2D eigenvalue weighted by atomic mass is 9.90. The van der Waals surface area contributed by atoms with Crippen molar-refractivity contribution in [1.82, 2.24) is 4.57 Å². The van der Waals surface area contributed by atoms with Crippen LogP contribution in [0.15, 0.2) is 97.1 Å². The Balaban J connectivity index is 1.59. The summed E-state index contributed by atoms with van der Waals surface area (Å²) >= 11 is 0. The monoisotopic (exact) mass is 381 g/mol. The Hall–Kier alpha value is -3.84. The molecular weight excluding hydrogens is 362 g/mol. The van der Waals surface area contributed by atoms with Crippen molar-refractivity contribution in [1.29, 1.82) is 0 Å². The number of hydrogen-bond donors (Lipinski definition) is 0. The van der Waals surface area contributed by atoms with Gasteiger partial charge in [-0.2, -0.15) is 0 Å². The van der Waals surface area contributed by atoms with Gasteiger partial charge in [-0.3, -0.25) is 0 Å². The highest BCUT2D eigenvalue weighted by atomic mass is 14.9. The maximum atomic E-state index is 2.35. The maximum absolute atomic E-state index is 2.35. The zero-order valence-electron chi connectivity index (χ0n) is 16.7. The number of hydrogen-bond acceptors (Lipinski definition) is 0. The first-order valence-corrected chi connectivity index (χ1v) is 10.4. The van der Waals surface area contributed by atoms with Crippen LogP contribution in [0.2, 0.25) is 0 Å². The molecule has 0 saturated heterocycles. The van der Waals surface area contributed by atoms with Gasteiger partial charge in [0.25, 0.3) is 0 Å². The van der Waals surface area contributed by atoms with E-state index in [1.807, 2.05) is 0 Å². The predicted molar refractivity (Wildman–Crippen MR) is 130 cm³/mol. The van der Waals surface area contributed by atoms with Gasteiger partial charge in [0.1, 0.15) is 0 Å². The quantitative estimate of drug-likeness (QED) is 0.255. The molecule has 1 nitrogen and oxygen atoms in total. The average Bonchev–Trinajstić information content (AvgIpc) is 3.09. The maximum Gasteiger partial charge on any atom is 0.0494 e. The number of benzene rings is 6. The number of fused-ring (bicyclic) bond motifs is 3. The fraction of sp³-hybridized carbons (Fsp3) is 0.0345. The second-order valence-corrected chi connectivity index (χ2v) is 8.28. The summed E-state index contributed by atoms with van der Waals surface area (Å²) in [6.45, 7) is 0. The highest BCUT2D eigenvalue weighted by Gasteiger charge is 2.14. The van der Waals surface area contributed by atoms with Gasteiger partial charge in [0, 0.05) is 28.9 Å². The Kier molecular flexibility index (Phi) is 2.99. The van der Waals surface area contributed by atoms with Crippen molar-refractivity contribution in [2.45, 2.75) is 0 Å². The third-order valence-corrected chi connectivity index (χ3v) is 6.75. The van der Waals surface area contributed by atoms with E-state index in [0.29, 0.717) is 0 Å². The Morgan fingerprint density at radius 3 is 2.03 bits per heavy atom. The molecule has 7 aromatic rings. The van der Waals surface area contributed by atoms with E-state index in [0.717, 1.165) is 0 Å². The molecule has 0 aliphatic heterocycles. The average molecular weight is 381 g/mol. The minimum absolute atomic E-state index is 1.27. The molecule has 0 aliphatic rings. The van der Waals surface area contributed by atoms with Crippen molar-refractivity contribution in [3.63, 3.8) is 0 Å². The van der Waals surface area contributed by atoms with Crippen molar-refractivity contribution in [2.75, 3.05) is 0 Å². The largest absolute Gasteiger partial charge is 0.344 e. The molecule has 0 N–H and O–H groups in total. The van der Waals surface area contributed by atoms with Crippen molar-refractivity contribution in [2.24, 2.45) is 7.05 Å². The van der Waals surface area contributed by atoms with E-state index in [1.165, 1.54) is 65.3 Å². The summed E-state index contributed by atoms with van der Waals surface area (Å²) in [5, 5.41) is 10.6. The van der Waals surface area contributed by atoms with Crippen LogP contribution in [0.4, 0.5) is 0 Å². The van der Waals surface area contributed by atoms with Crippen LogP contribution in [0.5, 0.6) is 0 Å². The summed E-state index contributed by atoms with van der Waals surface area (Å²) < 4.78 is 2.31. The van der Waals surface area contributed by atoms with Crippen LogP contribution in [0.1, 0.15) is 0 Å². The van der Waals surface area contributed by atoms with Crippen LogP contribution in [0, 0.1) is 0 Å². The van der Waals surface area contributed by atoms with E-state index in [2.05, 4.69) is 109 Å². The summed E-state index contributed by atoms with van der Waals surface area (Å²) in [7, 11) is 2.17. The van der Waals surface area contributed by atoms with E-state index in [1.54, 1.807) is 0 Å². The van der Waals surface area contributed by atoms with Crippen LogP contribution in [-0.2, 0) is 7.05 Å². The van der Waals surface area contributed by atoms with E-state index in [-0.39, 0.29) is 0 Å². The van der Waals surface area contributed by atoms with Gasteiger partial charge in [0.15, 0.2) is 0 Å². The van der Waals surface area contributed by atoms with E-state index in [4.69, 9.17) is 0 Å².